The lowest BCUT2D eigenvalue weighted by Gasteiger charge is -2.00. The van der Waals surface area contributed by atoms with E-state index in [0.717, 1.165) is 22.2 Å². The number of aromatic nitrogens is 2. The van der Waals surface area contributed by atoms with Crippen molar-refractivity contribution >= 4 is 16.6 Å². The second-order valence-corrected chi connectivity index (χ2v) is 4.15. The Labute approximate surface area is 106 Å². The molecule has 92 valence electrons. The van der Waals surface area contributed by atoms with E-state index >= 15 is 0 Å². The van der Waals surface area contributed by atoms with E-state index < -0.39 is 0 Å². The summed E-state index contributed by atoms with van der Waals surface area (Å²) in [5, 5.41) is 5.32. The van der Waals surface area contributed by atoms with Crippen molar-refractivity contribution in [2.24, 2.45) is 17.8 Å². The van der Waals surface area contributed by atoms with Crippen LogP contribution in [0.2, 0.25) is 0 Å². The SMILES string of the molecule is C=C(N)/C=C\N=C(/C)c1ccc2c(cnn2C)c1. The lowest BCUT2D eigenvalue weighted by molar-refractivity contribution is 0.797. The highest BCUT2D eigenvalue weighted by Crippen LogP contribution is 2.15. The molecule has 0 radical (unpaired) electrons. The van der Waals surface area contributed by atoms with Crippen LogP contribution in [0.4, 0.5) is 0 Å². The smallest absolute Gasteiger partial charge is 0.0679 e. The van der Waals surface area contributed by atoms with Gasteiger partial charge in [0.1, 0.15) is 0 Å². The molecule has 0 spiro atoms. The highest BCUT2D eigenvalue weighted by atomic mass is 15.2. The summed E-state index contributed by atoms with van der Waals surface area (Å²) in [5.74, 6) is 0. The van der Waals surface area contributed by atoms with E-state index in [9.17, 15) is 0 Å². The Kier molecular flexibility index (Phi) is 3.28. The van der Waals surface area contributed by atoms with Crippen LogP contribution in [0, 0.1) is 0 Å². The van der Waals surface area contributed by atoms with Crippen molar-refractivity contribution in [3.8, 4) is 0 Å². The van der Waals surface area contributed by atoms with Crippen LogP contribution in [0.1, 0.15) is 12.5 Å². The topological polar surface area (TPSA) is 56.2 Å². The van der Waals surface area contributed by atoms with E-state index in [0.29, 0.717) is 5.70 Å². The van der Waals surface area contributed by atoms with E-state index in [1.807, 2.05) is 37.0 Å². The normalized spacial score (nSPS) is 12.4. The van der Waals surface area contributed by atoms with Crippen LogP contribution in [0.3, 0.4) is 0 Å². The number of aliphatic imine (C=N–C) groups is 1. The first-order chi connectivity index (χ1) is 8.58. The zero-order chi connectivity index (χ0) is 13.1. The number of benzene rings is 1. The Morgan fingerprint density at radius 1 is 1.50 bits per heavy atom. The van der Waals surface area contributed by atoms with Gasteiger partial charge >= 0.3 is 0 Å². The minimum absolute atomic E-state index is 0.495. The van der Waals surface area contributed by atoms with Crippen molar-refractivity contribution in [1.29, 1.82) is 0 Å². The summed E-state index contributed by atoms with van der Waals surface area (Å²) in [7, 11) is 1.93. The predicted molar refractivity (Wildman–Crippen MR) is 75.4 cm³/mol. The molecule has 0 aliphatic heterocycles. The van der Waals surface area contributed by atoms with E-state index in [-0.39, 0.29) is 0 Å². The van der Waals surface area contributed by atoms with Gasteiger partial charge in [-0.25, -0.2) is 0 Å². The molecule has 4 heteroatoms. The van der Waals surface area contributed by atoms with Crippen molar-refractivity contribution < 1.29 is 0 Å². The maximum absolute atomic E-state index is 5.43. The molecular weight excluding hydrogens is 224 g/mol. The first-order valence-electron chi connectivity index (χ1n) is 5.65. The molecule has 0 fully saturated rings. The summed E-state index contributed by atoms with van der Waals surface area (Å²) in [5.41, 5.74) is 9.04. The molecule has 0 saturated carbocycles. The van der Waals surface area contributed by atoms with Crippen LogP contribution >= 0.6 is 0 Å². The Bertz CT molecular complexity index is 647. The standard InChI is InChI=1S/C14H16N4/c1-10(15)6-7-16-11(2)12-4-5-14-13(8-12)9-17-18(14)3/h4-9H,1,15H2,2-3H3/b7-6-,16-11+. The molecule has 18 heavy (non-hydrogen) atoms. The van der Waals surface area contributed by atoms with Gasteiger partial charge in [0.05, 0.1) is 11.7 Å². The molecular formula is C14H16N4. The third-order valence-electron chi connectivity index (χ3n) is 2.72. The van der Waals surface area contributed by atoms with E-state index in [1.54, 1.807) is 12.3 Å². The lowest BCUT2D eigenvalue weighted by Crippen LogP contribution is -1.94. The molecule has 1 heterocycles. The number of aryl methyl sites for hydroxylation is 1. The molecule has 0 aliphatic carbocycles. The zero-order valence-electron chi connectivity index (χ0n) is 10.6. The molecule has 2 rings (SSSR count). The van der Waals surface area contributed by atoms with Gasteiger partial charge in [-0.1, -0.05) is 12.6 Å². The van der Waals surface area contributed by atoms with Crippen molar-refractivity contribution in [2.45, 2.75) is 6.92 Å². The van der Waals surface area contributed by atoms with E-state index in [2.05, 4.69) is 22.7 Å². The molecule has 0 aliphatic rings. The number of allylic oxidation sites excluding steroid dienone is 1. The van der Waals surface area contributed by atoms with Crippen LogP contribution in [0.15, 0.2) is 53.9 Å². The van der Waals surface area contributed by atoms with Gasteiger partial charge in [-0.2, -0.15) is 5.10 Å². The number of rotatable bonds is 3. The van der Waals surface area contributed by atoms with Gasteiger partial charge in [0.2, 0.25) is 0 Å². The first-order valence-corrected chi connectivity index (χ1v) is 5.65. The van der Waals surface area contributed by atoms with Crippen LogP contribution in [0.5, 0.6) is 0 Å². The van der Waals surface area contributed by atoms with Crippen molar-refractivity contribution in [3.05, 3.63) is 54.5 Å². The molecule has 0 bridgehead atoms. The predicted octanol–water partition coefficient (Wildman–Crippen LogP) is 2.37. The molecule has 1 aromatic carbocycles. The van der Waals surface area contributed by atoms with Crippen LogP contribution in [-0.4, -0.2) is 15.5 Å². The molecule has 2 N–H and O–H groups in total. The number of nitrogens with zero attached hydrogens (tertiary/aromatic N) is 3. The fourth-order valence-electron chi connectivity index (χ4n) is 1.71. The van der Waals surface area contributed by atoms with Gasteiger partial charge in [-0.05, 0) is 30.7 Å². The number of hydrogen-bond acceptors (Lipinski definition) is 3. The highest BCUT2D eigenvalue weighted by molar-refractivity contribution is 6.01. The van der Waals surface area contributed by atoms with E-state index in [4.69, 9.17) is 5.73 Å². The summed E-state index contributed by atoms with van der Waals surface area (Å²) in [6, 6.07) is 6.16. The largest absolute Gasteiger partial charge is 0.399 e. The Morgan fingerprint density at radius 2 is 2.28 bits per heavy atom. The van der Waals surface area contributed by atoms with E-state index in [1.165, 1.54) is 0 Å². The molecule has 0 unspecified atom stereocenters. The van der Waals surface area contributed by atoms with Crippen LogP contribution in [-0.2, 0) is 7.05 Å². The first kappa shape index (κ1) is 12.1. The van der Waals surface area contributed by atoms with Crippen molar-refractivity contribution in [1.82, 2.24) is 9.78 Å². The van der Waals surface area contributed by atoms with Crippen LogP contribution < -0.4 is 5.73 Å². The van der Waals surface area contributed by atoms with Gasteiger partial charge in [0.15, 0.2) is 0 Å². The Morgan fingerprint density at radius 3 is 3.00 bits per heavy atom. The zero-order valence-corrected chi connectivity index (χ0v) is 10.6. The van der Waals surface area contributed by atoms with Crippen molar-refractivity contribution in [3.63, 3.8) is 0 Å². The Balaban J connectivity index is 2.33. The van der Waals surface area contributed by atoms with Crippen molar-refractivity contribution in [2.75, 3.05) is 0 Å². The molecule has 4 nitrogen and oxygen atoms in total. The molecule has 0 atom stereocenters. The molecule has 2 aromatic rings. The number of hydrogen-bond donors (Lipinski definition) is 1. The fourth-order valence-corrected chi connectivity index (χ4v) is 1.71. The maximum atomic E-state index is 5.43. The summed E-state index contributed by atoms with van der Waals surface area (Å²) in [4.78, 5) is 4.32. The Hall–Kier alpha value is -2.36. The number of fused-ring (bicyclic) bond motifs is 1. The minimum Gasteiger partial charge on any atom is -0.399 e. The average Bonchev–Trinajstić information content (AvgIpc) is 2.70. The summed E-state index contributed by atoms with van der Waals surface area (Å²) >= 11 is 0. The van der Waals surface area contributed by atoms with Gasteiger partial charge < -0.3 is 5.73 Å². The summed E-state index contributed by atoms with van der Waals surface area (Å²) in [6.07, 6.45) is 5.18. The summed E-state index contributed by atoms with van der Waals surface area (Å²) in [6.45, 7) is 5.54. The molecule has 1 aromatic heterocycles. The fraction of sp³-hybridized carbons (Fsp3) is 0.143. The minimum atomic E-state index is 0.495. The second-order valence-electron chi connectivity index (χ2n) is 4.15. The number of nitrogens with two attached hydrogens (primary N) is 1. The molecule has 0 amide bonds. The van der Waals surface area contributed by atoms with Gasteiger partial charge in [-0.3, -0.25) is 9.67 Å². The van der Waals surface area contributed by atoms with Crippen LogP contribution in [0.25, 0.3) is 10.9 Å². The average molecular weight is 240 g/mol. The lowest BCUT2D eigenvalue weighted by atomic mass is 10.1. The highest BCUT2D eigenvalue weighted by Gasteiger charge is 2.02. The monoisotopic (exact) mass is 240 g/mol. The second kappa shape index (κ2) is 4.87. The van der Waals surface area contributed by atoms with Gasteiger partial charge in [0.25, 0.3) is 0 Å². The quantitative estimate of drug-likeness (QED) is 0.661. The third kappa shape index (κ3) is 2.48. The maximum Gasteiger partial charge on any atom is 0.0679 e. The third-order valence-corrected chi connectivity index (χ3v) is 2.72. The molecule has 0 saturated heterocycles. The van der Waals surface area contributed by atoms with Gasteiger partial charge in [0, 0.05) is 30.0 Å². The summed E-state index contributed by atoms with van der Waals surface area (Å²) < 4.78 is 1.85. The van der Waals surface area contributed by atoms with Gasteiger partial charge in [-0.15, -0.1) is 0 Å².